The van der Waals surface area contributed by atoms with Crippen molar-refractivity contribution in [2.24, 2.45) is 11.7 Å². The van der Waals surface area contributed by atoms with Gasteiger partial charge in [0.2, 0.25) is 0 Å². The minimum absolute atomic E-state index is 0.192. The molecule has 1 amide bonds. The van der Waals surface area contributed by atoms with Crippen molar-refractivity contribution in [3.8, 4) is 0 Å². The van der Waals surface area contributed by atoms with Crippen molar-refractivity contribution in [3.05, 3.63) is 17.8 Å². The van der Waals surface area contributed by atoms with Gasteiger partial charge in [-0.15, -0.1) is 10.2 Å². The largest absolute Gasteiger partial charge is 0.369 e. The maximum atomic E-state index is 10.8. The second kappa shape index (κ2) is 6.30. The van der Waals surface area contributed by atoms with Gasteiger partial charge in [-0.1, -0.05) is 0 Å². The number of nitrogens with two attached hydrogens (primary N) is 1. The summed E-state index contributed by atoms with van der Waals surface area (Å²) >= 11 is 0. The zero-order valence-corrected chi connectivity index (χ0v) is 10.4. The molecule has 2 rings (SSSR count). The highest BCUT2D eigenvalue weighted by Gasteiger charge is 2.12. The summed E-state index contributed by atoms with van der Waals surface area (Å²) in [5.74, 6) is 0.871. The smallest absolute Gasteiger partial charge is 0.269 e. The minimum Gasteiger partial charge on any atom is -0.369 e. The number of rotatable bonds is 5. The molecule has 0 aliphatic carbocycles. The van der Waals surface area contributed by atoms with E-state index in [0.29, 0.717) is 5.82 Å². The number of primary amides is 1. The molecule has 1 aromatic rings. The molecule has 1 fully saturated rings. The summed E-state index contributed by atoms with van der Waals surface area (Å²) in [6, 6.07) is 3.31. The second-order valence-electron chi connectivity index (χ2n) is 4.60. The number of piperidine rings is 1. The maximum Gasteiger partial charge on any atom is 0.269 e. The fourth-order valence-electron chi connectivity index (χ4n) is 2.13. The van der Waals surface area contributed by atoms with E-state index in [1.54, 1.807) is 12.1 Å². The average molecular weight is 249 g/mol. The molecule has 98 valence electrons. The van der Waals surface area contributed by atoms with Gasteiger partial charge in [-0.25, -0.2) is 0 Å². The Labute approximate surface area is 106 Å². The van der Waals surface area contributed by atoms with Crippen LogP contribution in [0.1, 0.15) is 29.8 Å². The van der Waals surface area contributed by atoms with E-state index in [9.17, 15) is 4.79 Å². The van der Waals surface area contributed by atoms with Crippen LogP contribution in [0.3, 0.4) is 0 Å². The predicted molar refractivity (Wildman–Crippen MR) is 69.3 cm³/mol. The summed E-state index contributed by atoms with van der Waals surface area (Å²) in [5.41, 5.74) is 5.28. The van der Waals surface area contributed by atoms with Gasteiger partial charge in [0.15, 0.2) is 5.69 Å². The number of nitrogens with one attached hydrogen (secondary N) is 2. The summed E-state index contributed by atoms with van der Waals surface area (Å²) in [7, 11) is 0. The SMILES string of the molecule is NC(=O)c1ccc(NCCC2CCCNC2)nn1. The van der Waals surface area contributed by atoms with Crippen molar-refractivity contribution < 1.29 is 4.79 Å². The molecule has 6 heteroatoms. The van der Waals surface area contributed by atoms with Crippen molar-refractivity contribution in [1.82, 2.24) is 15.5 Å². The zero-order chi connectivity index (χ0) is 12.8. The van der Waals surface area contributed by atoms with E-state index in [4.69, 9.17) is 5.73 Å². The van der Waals surface area contributed by atoms with Gasteiger partial charge in [0, 0.05) is 6.54 Å². The number of hydrogen-bond donors (Lipinski definition) is 3. The molecule has 1 aliphatic heterocycles. The predicted octanol–water partition coefficient (Wildman–Crippen LogP) is 0.377. The summed E-state index contributed by atoms with van der Waals surface area (Å²) in [5, 5.41) is 14.3. The van der Waals surface area contributed by atoms with Crippen LogP contribution in [0, 0.1) is 5.92 Å². The summed E-state index contributed by atoms with van der Waals surface area (Å²) in [6.45, 7) is 3.12. The summed E-state index contributed by atoms with van der Waals surface area (Å²) in [6.07, 6.45) is 3.67. The summed E-state index contributed by atoms with van der Waals surface area (Å²) < 4.78 is 0. The van der Waals surface area contributed by atoms with Gasteiger partial charge in [-0.3, -0.25) is 4.79 Å². The molecule has 1 atom stereocenters. The third kappa shape index (κ3) is 3.66. The van der Waals surface area contributed by atoms with Crippen molar-refractivity contribution in [1.29, 1.82) is 0 Å². The Kier molecular flexibility index (Phi) is 4.46. The van der Waals surface area contributed by atoms with Crippen LogP contribution in [-0.4, -0.2) is 35.7 Å². The molecule has 0 bridgehead atoms. The molecule has 1 aliphatic rings. The first kappa shape index (κ1) is 12.8. The summed E-state index contributed by atoms with van der Waals surface area (Å²) in [4.78, 5) is 10.8. The van der Waals surface area contributed by atoms with Crippen LogP contribution in [0.2, 0.25) is 0 Å². The van der Waals surface area contributed by atoms with Crippen LogP contribution >= 0.6 is 0 Å². The van der Waals surface area contributed by atoms with Crippen LogP contribution in [0.25, 0.3) is 0 Å². The third-order valence-electron chi connectivity index (χ3n) is 3.17. The van der Waals surface area contributed by atoms with Crippen molar-refractivity contribution >= 4 is 11.7 Å². The molecule has 0 spiro atoms. The first-order valence-electron chi connectivity index (χ1n) is 6.34. The van der Waals surface area contributed by atoms with Crippen molar-refractivity contribution in [2.75, 3.05) is 25.0 Å². The number of amides is 1. The number of anilines is 1. The fraction of sp³-hybridized carbons (Fsp3) is 0.583. The molecule has 1 aromatic heterocycles. The Morgan fingerprint density at radius 2 is 2.39 bits per heavy atom. The number of aromatic nitrogens is 2. The monoisotopic (exact) mass is 249 g/mol. The van der Waals surface area contributed by atoms with E-state index >= 15 is 0 Å². The van der Waals surface area contributed by atoms with Crippen LogP contribution in [0.4, 0.5) is 5.82 Å². The molecular formula is C12H19N5O. The highest BCUT2D eigenvalue weighted by Crippen LogP contribution is 2.13. The molecule has 1 unspecified atom stereocenters. The van der Waals surface area contributed by atoms with Crippen LogP contribution in [-0.2, 0) is 0 Å². The van der Waals surface area contributed by atoms with Gasteiger partial charge >= 0.3 is 0 Å². The molecule has 6 nitrogen and oxygen atoms in total. The van der Waals surface area contributed by atoms with Crippen LogP contribution in [0.15, 0.2) is 12.1 Å². The number of carbonyl (C=O) groups is 1. The van der Waals surface area contributed by atoms with Gasteiger partial charge in [-0.2, -0.15) is 0 Å². The van der Waals surface area contributed by atoms with Gasteiger partial charge < -0.3 is 16.4 Å². The molecule has 0 radical (unpaired) electrons. The van der Waals surface area contributed by atoms with E-state index in [1.807, 2.05) is 0 Å². The Balaban J connectivity index is 1.74. The average Bonchev–Trinajstić information content (AvgIpc) is 2.40. The first-order chi connectivity index (χ1) is 8.75. The van der Waals surface area contributed by atoms with Gasteiger partial charge in [-0.05, 0) is 50.4 Å². The highest BCUT2D eigenvalue weighted by atomic mass is 16.1. The van der Waals surface area contributed by atoms with E-state index in [2.05, 4.69) is 20.8 Å². The molecule has 0 aromatic carbocycles. The molecule has 18 heavy (non-hydrogen) atoms. The van der Waals surface area contributed by atoms with Gasteiger partial charge in [0.05, 0.1) is 0 Å². The fourth-order valence-corrected chi connectivity index (χ4v) is 2.13. The Hall–Kier alpha value is -1.69. The van der Waals surface area contributed by atoms with E-state index < -0.39 is 5.91 Å². The second-order valence-corrected chi connectivity index (χ2v) is 4.60. The zero-order valence-electron chi connectivity index (χ0n) is 10.4. The number of hydrogen-bond acceptors (Lipinski definition) is 5. The number of carbonyl (C=O) groups excluding carboxylic acids is 1. The molecular weight excluding hydrogens is 230 g/mol. The Morgan fingerprint density at radius 3 is 3.00 bits per heavy atom. The van der Waals surface area contributed by atoms with E-state index in [1.165, 1.54) is 12.8 Å². The number of nitrogens with zero attached hydrogens (tertiary/aromatic N) is 2. The van der Waals surface area contributed by atoms with Crippen LogP contribution < -0.4 is 16.4 Å². The van der Waals surface area contributed by atoms with E-state index in [0.717, 1.165) is 32.0 Å². The lowest BCUT2D eigenvalue weighted by atomic mass is 9.96. The lowest BCUT2D eigenvalue weighted by molar-refractivity contribution is 0.0994. The highest BCUT2D eigenvalue weighted by molar-refractivity contribution is 5.90. The van der Waals surface area contributed by atoms with Gasteiger partial charge in [0.25, 0.3) is 5.91 Å². The first-order valence-corrected chi connectivity index (χ1v) is 6.34. The topological polar surface area (TPSA) is 92.9 Å². The quantitative estimate of drug-likeness (QED) is 0.701. The molecule has 4 N–H and O–H groups in total. The molecule has 2 heterocycles. The van der Waals surface area contributed by atoms with Crippen molar-refractivity contribution in [3.63, 3.8) is 0 Å². The third-order valence-corrected chi connectivity index (χ3v) is 3.17. The van der Waals surface area contributed by atoms with Crippen molar-refractivity contribution in [2.45, 2.75) is 19.3 Å². The maximum absolute atomic E-state index is 10.8. The Bertz CT molecular complexity index is 386. The Morgan fingerprint density at radius 1 is 1.50 bits per heavy atom. The van der Waals surface area contributed by atoms with Gasteiger partial charge in [0.1, 0.15) is 5.82 Å². The van der Waals surface area contributed by atoms with Crippen LogP contribution in [0.5, 0.6) is 0 Å². The normalized spacial score (nSPS) is 19.4. The van der Waals surface area contributed by atoms with E-state index in [-0.39, 0.29) is 5.69 Å². The standard InChI is InChI=1S/C12H19N5O/c13-12(18)10-3-4-11(17-16-10)15-7-5-9-2-1-6-14-8-9/h3-4,9,14H,1-2,5-8H2,(H2,13,18)(H,15,17). The molecule has 0 saturated carbocycles. The minimum atomic E-state index is -0.553. The lowest BCUT2D eigenvalue weighted by Gasteiger charge is -2.22. The molecule has 1 saturated heterocycles. The lowest BCUT2D eigenvalue weighted by Crippen LogP contribution is -2.30.